The van der Waals surface area contributed by atoms with Gasteiger partial charge in [-0.3, -0.25) is 0 Å². The molecule has 0 amide bonds. The van der Waals surface area contributed by atoms with Crippen LogP contribution in [0.25, 0.3) is 0 Å². The van der Waals surface area contributed by atoms with Crippen LogP contribution in [0.1, 0.15) is 38.7 Å². The smallest absolute Gasteiger partial charge is 0.115 e. The van der Waals surface area contributed by atoms with E-state index in [9.17, 15) is 5.11 Å². The number of rotatable bonds is 3. The Hall–Kier alpha value is -1.02. The average Bonchev–Trinajstić information content (AvgIpc) is 2.33. The Morgan fingerprint density at radius 2 is 2.22 bits per heavy atom. The molecule has 2 atom stereocenters. The number of likely N-dealkylation sites (tertiary alicyclic amines) is 1. The lowest BCUT2D eigenvalue weighted by Crippen LogP contribution is -2.47. The molecule has 2 heteroatoms. The first-order valence-electron chi connectivity index (χ1n) is 7.06. The van der Waals surface area contributed by atoms with Crippen LogP contribution >= 0.6 is 0 Å². The molecule has 2 nitrogen and oxygen atoms in total. The largest absolute Gasteiger partial charge is 0.508 e. The predicted molar refractivity (Wildman–Crippen MR) is 76.0 cm³/mol. The molecule has 0 bridgehead atoms. The number of nitrogens with zero attached hydrogens (tertiary/aromatic N) is 1. The van der Waals surface area contributed by atoms with E-state index in [0.717, 1.165) is 13.1 Å². The van der Waals surface area contributed by atoms with E-state index in [1.54, 1.807) is 6.07 Å². The topological polar surface area (TPSA) is 23.5 Å². The first-order chi connectivity index (χ1) is 8.58. The number of piperidine rings is 1. The molecule has 0 radical (unpaired) electrons. The highest BCUT2D eigenvalue weighted by Gasteiger charge is 2.40. The van der Waals surface area contributed by atoms with Crippen molar-refractivity contribution in [2.45, 2.75) is 38.5 Å². The summed E-state index contributed by atoms with van der Waals surface area (Å²) < 4.78 is 0. The fourth-order valence-electron chi connectivity index (χ4n) is 3.58. The van der Waals surface area contributed by atoms with Gasteiger partial charge in [0, 0.05) is 12.0 Å². The highest BCUT2D eigenvalue weighted by atomic mass is 16.3. The maximum absolute atomic E-state index is 9.75. The van der Waals surface area contributed by atoms with E-state index >= 15 is 0 Å². The maximum atomic E-state index is 9.75. The zero-order valence-electron chi connectivity index (χ0n) is 11.8. The van der Waals surface area contributed by atoms with E-state index in [4.69, 9.17) is 0 Å². The molecule has 0 aliphatic carbocycles. The third-order valence-electron chi connectivity index (χ3n) is 4.59. The molecule has 0 spiro atoms. The summed E-state index contributed by atoms with van der Waals surface area (Å²) in [5.74, 6) is 1.03. The van der Waals surface area contributed by atoms with E-state index in [-0.39, 0.29) is 5.41 Å². The van der Waals surface area contributed by atoms with E-state index in [1.165, 1.54) is 24.8 Å². The van der Waals surface area contributed by atoms with Crippen molar-refractivity contribution in [1.82, 2.24) is 4.90 Å². The quantitative estimate of drug-likeness (QED) is 0.885. The maximum Gasteiger partial charge on any atom is 0.115 e. The molecule has 1 N–H and O–H groups in total. The monoisotopic (exact) mass is 247 g/mol. The molecule has 0 saturated carbocycles. The Labute approximate surface area is 111 Å². The Morgan fingerprint density at radius 3 is 2.83 bits per heavy atom. The summed E-state index contributed by atoms with van der Waals surface area (Å²) in [6, 6.07) is 7.91. The first-order valence-corrected chi connectivity index (χ1v) is 7.06. The molecule has 18 heavy (non-hydrogen) atoms. The van der Waals surface area contributed by atoms with Crippen LogP contribution in [-0.4, -0.2) is 30.1 Å². The Morgan fingerprint density at radius 1 is 1.44 bits per heavy atom. The van der Waals surface area contributed by atoms with Crippen molar-refractivity contribution >= 4 is 0 Å². The van der Waals surface area contributed by atoms with Gasteiger partial charge in [0.2, 0.25) is 0 Å². The minimum Gasteiger partial charge on any atom is -0.508 e. The van der Waals surface area contributed by atoms with Crippen molar-refractivity contribution in [3.63, 3.8) is 0 Å². The van der Waals surface area contributed by atoms with Gasteiger partial charge < -0.3 is 10.0 Å². The van der Waals surface area contributed by atoms with Crippen LogP contribution in [0.5, 0.6) is 5.75 Å². The van der Waals surface area contributed by atoms with Crippen LogP contribution in [0.4, 0.5) is 0 Å². The number of benzene rings is 1. The minimum atomic E-state index is 0.250. The minimum absolute atomic E-state index is 0.250. The molecular formula is C16H25NO. The van der Waals surface area contributed by atoms with E-state index in [2.05, 4.69) is 31.9 Å². The zero-order valence-corrected chi connectivity index (χ0v) is 11.8. The first kappa shape index (κ1) is 13.4. The lowest BCUT2D eigenvalue weighted by molar-refractivity contribution is 0.112. The number of hydrogen-bond donors (Lipinski definition) is 1. The molecule has 1 aliphatic rings. The summed E-state index contributed by atoms with van der Waals surface area (Å²) in [4.78, 5) is 2.42. The Bertz CT molecular complexity index is 404. The summed E-state index contributed by atoms with van der Waals surface area (Å²) >= 11 is 0. The van der Waals surface area contributed by atoms with Crippen LogP contribution in [0.2, 0.25) is 0 Å². The lowest BCUT2D eigenvalue weighted by atomic mass is 9.64. The van der Waals surface area contributed by atoms with Crippen molar-refractivity contribution in [2.75, 3.05) is 20.1 Å². The van der Waals surface area contributed by atoms with Crippen molar-refractivity contribution in [1.29, 1.82) is 0 Å². The Balaban J connectivity index is 2.37. The van der Waals surface area contributed by atoms with Gasteiger partial charge in [-0.2, -0.15) is 0 Å². The summed E-state index contributed by atoms with van der Waals surface area (Å²) in [5.41, 5.74) is 1.57. The molecule has 100 valence electrons. The van der Waals surface area contributed by atoms with Gasteiger partial charge in [-0.1, -0.05) is 32.4 Å². The van der Waals surface area contributed by atoms with E-state index < -0.39 is 0 Å². The van der Waals surface area contributed by atoms with E-state index in [1.807, 2.05) is 12.1 Å². The molecule has 1 aromatic carbocycles. The average molecular weight is 247 g/mol. The van der Waals surface area contributed by atoms with Crippen LogP contribution in [0.3, 0.4) is 0 Å². The molecule has 1 fully saturated rings. The second kappa shape index (κ2) is 5.31. The van der Waals surface area contributed by atoms with Gasteiger partial charge in [0.05, 0.1) is 0 Å². The van der Waals surface area contributed by atoms with Crippen molar-refractivity contribution in [2.24, 2.45) is 5.92 Å². The van der Waals surface area contributed by atoms with Crippen molar-refractivity contribution in [3.05, 3.63) is 29.8 Å². The van der Waals surface area contributed by atoms with Crippen LogP contribution < -0.4 is 0 Å². The Kier molecular flexibility index (Phi) is 3.96. The standard InChI is InChI=1S/C16H25NO/c1-4-8-16(9-10-17(3)12-13(16)2)14-6-5-7-15(18)11-14/h5-7,11,13,18H,4,8-10,12H2,1-3H3/t13?,16-/m1/s1. The van der Waals surface area contributed by atoms with Crippen molar-refractivity contribution < 1.29 is 5.11 Å². The second-order valence-corrected chi connectivity index (χ2v) is 5.87. The molecule has 1 saturated heterocycles. The van der Waals surface area contributed by atoms with Gasteiger partial charge in [0.15, 0.2) is 0 Å². The number of phenolic OH excluding ortho intramolecular Hbond substituents is 1. The second-order valence-electron chi connectivity index (χ2n) is 5.87. The number of phenols is 1. The number of aromatic hydroxyl groups is 1. The van der Waals surface area contributed by atoms with Crippen molar-refractivity contribution in [3.8, 4) is 5.75 Å². The van der Waals surface area contributed by atoms with Gasteiger partial charge >= 0.3 is 0 Å². The molecule has 1 unspecified atom stereocenters. The summed E-state index contributed by atoms with van der Waals surface area (Å²) in [6.07, 6.45) is 3.61. The molecule has 0 aromatic heterocycles. The van der Waals surface area contributed by atoms with Crippen LogP contribution in [0, 0.1) is 5.92 Å². The van der Waals surface area contributed by atoms with Gasteiger partial charge in [-0.25, -0.2) is 0 Å². The molecule has 1 heterocycles. The molecule has 1 aromatic rings. The fourth-order valence-corrected chi connectivity index (χ4v) is 3.58. The third kappa shape index (κ3) is 2.39. The molecular weight excluding hydrogens is 222 g/mol. The molecule has 2 rings (SSSR count). The highest BCUT2D eigenvalue weighted by molar-refractivity contribution is 5.34. The van der Waals surface area contributed by atoms with Crippen LogP contribution in [-0.2, 0) is 5.41 Å². The SMILES string of the molecule is CCC[C@@]1(c2cccc(O)c2)CCN(C)CC1C. The van der Waals surface area contributed by atoms with Gasteiger partial charge in [-0.05, 0) is 50.0 Å². The van der Waals surface area contributed by atoms with Gasteiger partial charge in [-0.15, -0.1) is 0 Å². The summed E-state index contributed by atoms with van der Waals surface area (Å²) in [6.45, 7) is 6.92. The third-order valence-corrected chi connectivity index (χ3v) is 4.59. The zero-order chi connectivity index (χ0) is 13.2. The normalized spacial score (nSPS) is 29.4. The molecule has 1 aliphatic heterocycles. The van der Waals surface area contributed by atoms with Gasteiger partial charge in [0.1, 0.15) is 5.75 Å². The summed E-state index contributed by atoms with van der Waals surface area (Å²) in [7, 11) is 2.20. The number of hydrogen-bond acceptors (Lipinski definition) is 2. The summed E-state index contributed by atoms with van der Waals surface area (Å²) in [5, 5.41) is 9.75. The van der Waals surface area contributed by atoms with Crippen LogP contribution in [0.15, 0.2) is 24.3 Å². The fraction of sp³-hybridized carbons (Fsp3) is 0.625. The predicted octanol–water partition coefficient (Wildman–Crippen LogP) is 3.40. The van der Waals surface area contributed by atoms with Gasteiger partial charge in [0.25, 0.3) is 0 Å². The highest BCUT2D eigenvalue weighted by Crippen LogP contribution is 2.43. The van der Waals surface area contributed by atoms with E-state index in [0.29, 0.717) is 11.7 Å². The lowest BCUT2D eigenvalue weighted by Gasteiger charge is -2.46.